The summed E-state index contributed by atoms with van der Waals surface area (Å²) >= 11 is 4.54. The second-order valence-corrected chi connectivity index (χ2v) is 4.59. The topological polar surface area (TPSA) is 3.24 Å². The lowest BCUT2D eigenvalue weighted by Crippen LogP contribution is -2.43. The number of piperidine rings is 1. The van der Waals surface area contributed by atoms with Crippen molar-refractivity contribution >= 4 is 12.6 Å². The van der Waals surface area contributed by atoms with Gasteiger partial charge in [0.1, 0.15) is 0 Å². The second-order valence-electron chi connectivity index (χ2n) is 3.92. The minimum absolute atomic E-state index is 0.630. The van der Waals surface area contributed by atoms with Crippen molar-refractivity contribution in [2.75, 3.05) is 13.1 Å². The number of likely N-dealkylation sites (tertiary alicyclic amines) is 1. The van der Waals surface area contributed by atoms with Gasteiger partial charge in [-0.05, 0) is 32.7 Å². The molecule has 2 unspecified atom stereocenters. The van der Waals surface area contributed by atoms with E-state index in [0.29, 0.717) is 11.3 Å². The van der Waals surface area contributed by atoms with Crippen LogP contribution >= 0.6 is 12.6 Å². The van der Waals surface area contributed by atoms with Gasteiger partial charge in [-0.2, -0.15) is 12.6 Å². The number of hydrogen-bond donors (Lipinski definition) is 1. The first kappa shape index (κ1) is 9.40. The van der Waals surface area contributed by atoms with Gasteiger partial charge in [-0.15, -0.1) is 0 Å². The van der Waals surface area contributed by atoms with E-state index in [9.17, 15) is 0 Å². The molecule has 1 aliphatic heterocycles. The van der Waals surface area contributed by atoms with E-state index in [1.807, 2.05) is 0 Å². The fraction of sp³-hybridized carbons (Fsp3) is 1.00. The molecular weight excluding hydrogens is 154 g/mol. The maximum atomic E-state index is 4.54. The fourth-order valence-electron chi connectivity index (χ4n) is 1.63. The van der Waals surface area contributed by atoms with E-state index in [4.69, 9.17) is 0 Å². The van der Waals surface area contributed by atoms with Crippen molar-refractivity contribution in [3.05, 3.63) is 0 Å². The van der Waals surface area contributed by atoms with E-state index < -0.39 is 0 Å². The molecule has 0 aliphatic carbocycles. The van der Waals surface area contributed by atoms with Crippen molar-refractivity contribution in [1.29, 1.82) is 0 Å². The monoisotopic (exact) mass is 173 g/mol. The van der Waals surface area contributed by atoms with E-state index >= 15 is 0 Å². The third-order valence-corrected chi connectivity index (χ3v) is 3.39. The molecule has 1 fully saturated rings. The molecule has 2 atom stereocenters. The molecule has 0 N–H and O–H groups in total. The zero-order chi connectivity index (χ0) is 8.43. The van der Waals surface area contributed by atoms with Gasteiger partial charge in [0.2, 0.25) is 0 Å². The molecule has 1 aliphatic rings. The number of rotatable bonds is 1. The molecule has 0 aromatic rings. The molecule has 0 aromatic carbocycles. The molecule has 0 radical (unpaired) electrons. The van der Waals surface area contributed by atoms with Crippen molar-refractivity contribution < 1.29 is 0 Å². The first-order valence-corrected chi connectivity index (χ1v) is 5.05. The van der Waals surface area contributed by atoms with E-state index in [-0.39, 0.29) is 0 Å². The predicted octanol–water partition coefficient (Wildman–Crippen LogP) is 2.04. The standard InChI is InChI=1S/C9H19NS/c1-7(2)10-5-4-9(11)8(3)6-10/h7-9,11H,4-6H2,1-3H3. The summed E-state index contributed by atoms with van der Waals surface area (Å²) in [6.07, 6.45) is 1.25. The van der Waals surface area contributed by atoms with Crippen molar-refractivity contribution in [3.63, 3.8) is 0 Å². The van der Waals surface area contributed by atoms with Crippen LogP contribution in [0.3, 0.4) is 0 Å². The van der Waals surface area contributed by atoms with Crippen LogP contribution in [-0.4, -0.2) is 29.3 Å². The number of thiol groups is 1. The Morgan fingerprint density at radius 1 is 1.45 bits per heavy atom. The zero-order valence-corrected chi connectivity index (χ0v) is 8.64. The average Bonchev–Trinajstić information content (AvgIpc) is 1.94. The summed E-state index contributed by atoms with van der Waals surface area (Å²) in [6, 6.07) is 0.707. The van der Waals surface area contributed by atoms with E-state index in [1.54, 1.807) is 0 Å². The van der Waals surface area contributed by atoms with Gasteiger partial charge in [0.05, 0.1) is 0 Å². The number of nitrogens with zero attached hydrogens (tertiary/aromatic N) is 1. The Kier molecular flexibility index (Phi) is 3.26. The van der Waals surface area contributed by atoms with Crippen molar-refractivity contribution in [1.82, 2.24) is 4.90 Å². The molecule has 0 spiro atoms. The highest BCUT2D eigenvalue weighted by Gasteiger charge is 2.24. The van der Waals surface area contributed by atoms with E-state index in [2.05, 4.69) is 38.3 Å². The highest BCUT2D eigenvalue weighted by molar-refractivity contribution is 7.81. The molecule has 1 nitrogen and oxygen atoms in total. The molecule has 1 heterocycles. The SMILES string of the molecule is CC1CN(C(C)C)CCC1S. The van der Waals surface area contributed by atoms with Gasteiger partial charge in [-0.3, -0.25) is 0 Å². The van der Waals surface area contributed by atoms with Gasteiger partial charge in [-0.25, -0.2) is 0 Å². The molecule has 1 rings (SSSR count). The third kappa shape index (κ3) is 2.38. The summed E-state index contributed by atoms with van der Waals surface area (Å²) in [4.78, 5) is 2.54. The van der Waals surface area contributed by atoms with Crippen LogP contribution in [-0.2, 0) is 0 Å². The van der Waals surface area contributed by atoms with Crippen LogP contribution in [0.5, 0.6) is 0 Å². The van der Waals surface area contributed by atoms with Crippen LogP contribution in [0.2, 0.25) is 0 Å². The third-order valence-electron chi connectivity index (χ3n) is 2.62. The molecule has 0 saturated carbocycles. The quantitative estimate of drug-likeness (QED) is 0.594. The van der Waals surface area contributed by atoms with Crippen LogP contribution in [0.25, 0.3) is 0 Å². The second kappa shape index (κ2) is 3.81. The Bertz CT molecular complexity index is 125. The highest BCUT2D eigenvalue weighted by Crippen LogP contribution is 2.22. The highest BCUT2D eigenvalue weighted by atomic mass is 32.1. The average molecular weight is 173 g/mol. The first-order valence-electron chi connectivity index (χ1n) is 4.53. The molecule has 2 heteroatoms. The van der Waals surface area contributed by atoms with Gasteiger partial charge in [0.15, 0.2) is 0 Å². The van der Waals surface area contributed by atoms with Crippen LogP contribution in [0.15, 0.2) is 0 Å². The predicted molar refractivity (Wildman–Crippen MR) is 53.3 cm³/mol. The van der Waals surface area contributed by atoms with E-state index in [1.165, 1.54) is 19.5 Å². The normalized spacial score (nSPS) is 34.6. The van der Waals surface area contributed by atoms with Crippen molar-refractivity contribution in [3.8, 4) is 0 Å². The summed E-state index contributed by atoms with van der Waals surface area (Å²) in [5.74, 6) is 0.759. The van der Waals surface area contributed by atoms with Gasteiger partial charge in [0.25, 0.3) is 0 Å². The fourth-order valence-corrected chi connectivity index (χ4v) is 1.84. The minimum atomic E-state index is 0.630. The van der Waals surface area contributed by atoms with Crippen LogP contribution in [0, 0.1) is 5.92 Å². The summed E-state index contributed by atoms with van der Waals surface area (Å²) < 4.78 is 0. The first-order chi connectivity index (χ1) is 5.11. The molecule has 11 heavy (non-hydrogen) atoms. The van der Waals surface area contributed by atoms with Crippen molar-refractivity contribution in [2.45, 2.75) is 38.5 Å². The lowest BCUT2D eigenvalue weighted by atomic mass is 9.98. The zero-order valence-electron chi connectivity index (χ0n) is 7.75. The Balaban J connectivity index is 2.40. The van der Waals surface area contributed by atoms with E-state index in [0.717, 1.165) is 5.92 Å². The van der Waals surface area contributed by atoms with Gasteiger partial charge < -0.3 is 4.90 Å². The number of hydrogen-bond acceptors (Lipinski definition) is 2. The smallest absolute Gasteiger partial charge is 0.00668 e. The lowest BCUT2D eigenvalue weighted by Gasteiger charge is -2.37. The summed E-state index contributed by atoms with van der Waals surface area (Å²) in [5, 5.41) is 0.630. The Hall–Kier alpha value is 0.310. The van der Waals surface area contributed by atoms with Crippen LogP contribution in [0.4, 0.5) is 0 Å². The largest absolute Gasteiger partial charge is 0.301 e. The lowest BCUT2D eigenvalue weighted by molar-refractivity contribution is 0.152. The Morgan fingerprint density at radius 2 is 2.09 bits per heavy atom. The molecule has 0 amide bonds. The van der Waals surface area contributed by atoms with Gasteiger partial charge in [0, 0.05) is 17.8 Å². The Morgan fingerprint density at radius 3 is 2.55 bits per heavy atom. The Labute approximate surface area is 75.6 Å². The molecular formula is C9H19NS. The summed E-state index contributed by atoms with van der Waals surface area (Å²) in [5.41, 5.74) is 0. The summed E-state index contributed by atoms with van der Waals surface area (Å²) in [7, 11) is 0. The maximum Gasteiger partial charge on any atom is 0.00668 e. The molecule has 1 saturated heterocycles. The van der Waals surface area contributed by atoms with Crippen LogP contribution in [0.1, 0.15) is 27.2 Å². The van der Waals surface area contributed by atoms with Crippen molar-refractivity contribution in [2.24, 2.45) is 5.92 Å². The molecule has 0 bridgehead atoms. The molecule has 66 valence electrons. The minimum Gasteiger partial charge on any atom is -0.301 e. The van der Waals surface area contributed by atoms with Gasteiger partial charge in [-0.1, -0.05) is 6.92 Å². The van der Waals surface area contributed by atoms with Gasteiger partial charge >= 0.3 is 0 Å². The summed E-state index contributed by atoms with van der Waals surface area (Å²) in [6.45, 7) is 9.30. The molecule has 0 aromatic heterocycles. The van der Waals surface area contributed by atoms with Crippen LogP contribution < -0.4 is 0 Å². The maximum absolute atomic E-state index is 4.54.